The molecule has 1 aliphatic rings. The summed E-state index contributed by atoms with van der Waals surface area (Å²) in [6.07, 6.45) is 8.48. The van der Waals surface area contributed by atoms with Crippen LogP contribution in [0.1, 0.15) is 60.0 Å². The predicted molar refractivity (Wildman–Crippen MR) is 124 cm³/mol. The lowest BCUT2D eigenvalue weighted by molar-refractivity contribution is 0.0933. The van der Waals surface area contributed by atoms with Crippen LogP contribution in [0, 0.1) is 6.92 Å². The highest BCUT2D eigenvalue weighted by Crippen LogP contribution is 2.20. The Kier molecular flexibility index (Phi) is 8.04. The first-order chi connectivity index (χ1) is 14.9. The number of carbonyl (C=O) groups excluding carboxylic acids is 1. The smallest absolute Gasteiger partial charge is 0.251 e. The molecule has 0 saturated heterocycles. The van der Waals surface area contributed by atoms with Gasteiger partial charge in [-0.05, 0) is 49.6 Å². The fraction of sp³-hybridized carbons (Fsp3) is 0.400. The van der Waals surface area contributed by atoms with Crippen LogP contribution < -0.4 is 5.32 Å². The molecule has 1 aliphatic carbocycles. The van der Waals surface area contributed by atoms with Crippen LogP contribution >= 0.6 is 0 Å². The monoisotopic (exact) mass is 440 g/mol. The second-order valence-electron chi connectivity index (χ2n) is 8.26. The summed E-state index contributed by atoms with van der Waals surface area (Å²) in [7, 11) is -3.64. The molecule has 0 bridgehead atoms. The molecule has 2 aromatic rings. The maximum Gasteiger partial charge on any atom is 0.251 e. The summed E-state index contributed by atoms with van der Waals surface area (Å²) in [5, 5.41) is 3.15. The van der Waals surface area contributed by atoms with Crippen molar-refractivity contribution in [3.8, 4) is 0 Å². The van der Waals surface area contributed by atoms with E-state index in [1.54, 1.807) is 42.5 Å². The zero-order chi connectivity index (χ0) is 22.3. The molecule has 3 rings (SSSR count). The largest absolute Gasteiger partial charge is 0.349 e. The molecule has 0 radical (unpaired) electrons. The molecule has 0 atom stereocenters. The summed E-state index contributed by atoms with van der Waals surface area (Å²) in [6.45, 7) is 6.05. The molecule has 0 unspecified atom stereocenters. The summed E-state index contributed by atoms with van der Waals surface area (Å²) in [5.41, 5.74) is 2.43. The van der Waals surface area contributed by atoms with E-state index in [1.165, 1.54) is 30.0 Å². The summed E-state index contributed by atoms with van der Waals surface area (Å²) in [4.78, 5) is 12.9. The van der Waals surface area contributed by atoms with Gasteiger partial charge in [0.2, 0.25) is 10.0 Å². The van der Waals surface area contributed by atoms with E-state index in [1.807, 2.05) is 19.1 Å². The third kappa shape index (κ3) is 6.28. The Morgan fingerprint density at radius 1 is 1.03 bits per heavy atom. The molecule has 0 aromatic heterocycles. The summed E-state index contributed by atoms with van der Waals surface area (Å²) in [6, 6.07) is 14.3. The molecule has 1 fully saturated rings. The van der Waals surface area contributed by atoms with E-state index in [2.05, 4.69) is 11.9 Å². The van der Waals surface area contributed by atoms with Crippen molar-refractivity contribution in [1.82, 2.24) is 9.62 Å². The van der Waals surface area contributed by atoms with Gasteiger partial charge in [0.1, 0.15) is 0 Å². The topological polar surface area (TPSA) is 66.5 Å². The molecule has 5 nitrogen and oxygen atoms in total. The van der Waals surface area contributed by atoms with Gasteiger partial charge < -0.3 is 5.32 Å². The average Bonchev–Trinajstić information content (AvgIpc) is 3.03. The SMILES string of the molecule is C=CCN(Cc1ccc(C(=O)NC2CCCCCC2)cc1)S(=O)(=O)c1ccc(C)cc1. The predicted octanol–water partition coefficient (Wildman–Crippen LogP) is 4.82. The number of sulfonamides is 1. The molecule has 6 heteroatoms. The van der Waals surface area contributed by atoms with Crippen LogP contribution in [0.15, 0.2) is 66.1 Å². The standard InChI is InChI=1S/C25H32N2O3S/c1-3-18-27(31(29,30)24-16-10-20(2)11-17-24)19-21-12-14-22(15-13-21)25(28)26-23-8-6-4-5-7-9-23/h3,10-17,23H,1,4-9,18-19H2,2H3,(H,26,28). The van der Waals surface area contributed by atoms with Gasteiger partial charge in [0.05, 0.1) is 4.90 Å². The van der Waals surface area contributed by atoms with E-state index < -0.39 is 10.0 Å². The van der Waals surface area contributed by atoms with Gasteiger partial charge in [-0.25, -0.2) is 8.42 Å². The van der Waals surface area contributed by atoms with Gasteiger partial charge in [-0.2, -0.15) is 4.31 Å². The normalized spacial score (nSPS) is 15.4. The fourth-order valence-corrected chi connectivity index (χ4v) is 5.31. The zero-order valence-corrected chi connectivity index (χ0v) is 19.0. The number of benzene rings is 2. The number of hydrogen-bond acceptors (Lipinski definition) is 3. The number of aryl methyl sites for hydroxylation is 1. The fourth-order valence-electron chi connectivity index (χ4n) is 3.91. The quantitative estimate of drug-likeness (QED) is 0.472. The summed E-state index contributed by atoms with van der Waals surface area (Å²) in [5.74, 6) is -0.0614. The highest BCUT2D eigenvalue weighted by atomic mass is 32.2. The lowest BCUT2D eigenvalue weighted by atomic mass is 10.1. The van der Waals surface area contributed by atoms with Crippen molar-refractivity contribution in [2.75, 3.05) is 6.54 Å². The Bertz CT molecular complexity index is 974. The average molecular weight is 441 g/mol. The molecule has 0 spiro atoms. The Morgan fingerprint density at radius 2 is 1.65 bits per heavy atom. The molecule has 166 valence electrons. The van der Waals surface area contributed by atoms with Crippen molar-refractivity contribution in [3.63, 3.8) is 0 Å². The van der Waals surface area contributed by atoms with Crippen molar-refractivity contribution < 1.29 is 13.2 Å². The highest BCUT2D eigenvalue weighted by molar-refractivity contribution is 7.89. The number of carbonyl (C=O) groups is 1. The van der Waals surface area contributed by atoms with Crippen molar-refractivity contribution in [2.45, 2.75) is 62.9 Å². The number of nitrogens with zero attached hydrogens (tertiary/aromatic N) is 1. The molecule has 1 saturated carbocycles. The molecular formula is C25H32N2O3S. The van der Waals surface area contributed by atoms with Crippen LogP contribution in [0.25, 0.3) is 0 Å². The molecule has 31 heavy (non-hydrogen) atoms. The summed E-state index contributed by atoms with van der Waals surface area (Å²) < 4.78 is 27.5. The Balaban J connectivity index is 1.69. The van der Waals surface area contributed by atoms with E-state index in [-0.39, 0.29) is 29.9 Å². The van der Waals surface area contributed by atoms with Crippen molar-refractivity contribution >= 4 is 15.9 Å². The van der Waals surface area contributed by atoms with Gasteiger partial charge >= 0.3 is 0 Å². The minimum absolute atomic E-state index is 0.0614. The molecule has 0 heterocycles. The maximum absolute atomic E-state index is 13.1. The second-order valence-corrected chi connectivity index (χ2v) is 10.2. The third-order valence-electron chi connectivity index (χ3n) is 5.76. The lowest BCUT2D eigenvalue weighted by Gasteiger charge is -2.21. The highest BCUT2D eigenvalue weighted by Gasteiger charge is 2.24. The van der Waals surface area contributed by atoms with Gasteiger partial charge in [0, 0.05) is 24.7 Å². The summed E-state index contributed by atoms with van der Waals surface area (Å²) >= 11 is 0. The van der Waals surface area contributed by atoms with E-state index in [0.29, 0.717) is 5.56 Å². The molecule has 1 amide bonds. The maximum atomic E-state index is 13.1. The number of amides is 1. The number of nitrogens with one attached hydrogen (secondary N) is 1. The van der Waals surface area contributed by atoms with Crippen molar-refractivity contribution in [3.05, 3.63) is 77.9 Å². The van der Waals surface area contributed by atoms with E-state index in [4.69, 9.17) is 0 Å². The molecule has 0 aliphatic heterocycles. The van der Waals surface area contributed by atoms with Crippen LogP contribution in [0.4, 0.5) is 0 Å². The van der Waals surface area contributed by atoms with E-state index in [0.717, 1.165) is 24.0 Å². The first kappa shape index (κ1) is 23.2. The molecular weight excluding hydrogens is 408 g/mol. The first-order valence-corrected chi connectivity index (χ1v) is 12.4. The first-order valence-electron chi connectivity index (χ1n) is 11.0. The molecule has 2 aromatic carbocycles. The van der Waals surface area contributed by atoms with Gasteiger partial charge in [0.25, 0.3) is 5.91 Å². The Morgan fingerprint density at radius 3 is 2.23 bits per heavy atom. The number of rotatable bonds is 8. The van der Waals surface area contributed by atoms with Crippen LogP contribution in [0.2, 0.25) is 0 Å². The zero-order valence-electron chi connectivity index (χ0n) is 18.2. The van der Waals surface area contributed by atoms with Crippen LogP contribution in [-0.2, 0) is 16.6 Å². The van der Waals surface area contributed by atoms with Crippen molar-refractivity contribution in [2.24, 2.45) is 0 Å². The Labute approximate surface area is 186 Å². The third-order valence-corrected chi connectivity index (χ3v) is 7.58. The van der Waals surface area contributed by atoms with Gasteiger partial charge in [0.15, 0.2) is 0 Å². The Hall–Kier alpha value is -2.44. The van der Waals surface area contributed by atoms with Gasteiger partial charge in [-0.15, -0.1) is 6.58 Å². The second kappa shape index (κ2) is 10.7. The number of hydrogen-bond donors (Lipinski definition) is 1. The van der Waals surface area contributed by atoms with Crippen LogP contribution in [0.5, 0.6) is 0 Å². The molecule has 1 N–H and O–H groups in total. The van der Waals surface area contributed by atoms with Crippen molar-refractivity contribution in [1.29, 1.82) is 0 Å². The van der Waals surface area contributed by atoms with E-state index >= 15 is 0 Å². The van der Waals surface area contributed by atoms with Gasteiger partial charge in [-0.1, -0.05) is 61.6 Å². The van der Waals surface area contributed by atoms with Crippen LogP contribution in [-0.4, -0.2) is 31.2 Å². The van der Waals surface area contributed by atoms with Gasteiger partial charge in [-0.3, -0.25) is 4.79 Å². The van der Waals surface area contributed by atoms with E-state index in [9.17, 15) is 13.2 Å². The lowest BCUT2D eigenvalue weighted by Crippen LogP contribution is -2.34. The van der Waals surface area contributed by atoms with Crippen LogP contribution in [0.3, 0.4) is 0 Å². The minimum Gasteiger partial charge on any atom is -0.349 e. The minimum atomic E-state index is -3.64.